The Bertz CT molecular complexity index is 1660. The maximum atomic E-state index is 12.9. The first-order valence-corrected chi connectivity index (χ1v) is 15.3. The van der Waals surface area contributed by atoms with Crippen molar-refractivity contribution in [3.8, 4) is 11.3 Å². The Morgan fingerprint density at radius 1 is 1.04 bits per heavy atom. The summed E-state index contributed by atoms with van der Waals surface area (Å²) in [5.41, 5.74) is 5.10. The van der Waals surface area contributed by atoms with Crippen molar-refractivity contribution in [3.05, 3.63) is 72.8 Å². The Morgan fingerprint density at radius 3 is 2.67 bits per heavy atom. The molecule has 3 aromatic heterocycles. The molecule has 1 atom stereocenters. The summed E-state index contributed by atoms with van der Waals surface area (Å²) in [5, 5.41) is 7.05. The van der Waals surface area contributed by atoms with Gasteiger partial charge in [0.05, 0.1) is 30.7 Å². The smallest absolute Gasteiger partial charge is 0.243 e. The fraction of sp³-hybridized carbons (Fsp3) is 0.364. The molecular formula is C33H39N9O3. The van der Waals surface area contributed by atoms with Gasteiger partial charge in [-0.1, -0.05) is 18.2 Å². The predicted octanol–water partition coefficient (Wildman–Crippen LogP) is 2.85. The lowest BCUT2D eigenvalue weighted by Gasteiger charge is -2.27. The minimum absolute atomic E-state index is 0.0719. The molecule has 2 aliphatic rings. The molecular weight excluding hydrogens is 570 g/mol. The lowest BCUT2D eigenvalue weighted by atomic mass is 10.1. The third kappa shape index (κ3) is 7.65. The molecule has 0 saturated carbocycles. The average molecular weight is 610 g/mol. The lowest BCUT2D eigenvalue weighted by Crippen LogP contribution is -2.36. The van der Waals surface area contributed by atoms with Gasteiger partial charge in [-0.2, -0.15) is 0 Å². The van der Waals surface area contributed by atoms with Crippen molar-refractivity contribution >= 4 is 40.0 Å². The maximum absolute atomic E-state index is 12.9. The molecule has 2 amide bonds. The van der Waals surface area contributed by atoms with Gasteiger partial charge in [0, 0.05) is 68.1 Å². The second kappa shape index (κ2) is 13.9. The Kier molecular flexibility index (Phi) is 9.32. The van der Waals surface area contributed by atoms with Crippen LogP contribution in [0.5, 0.6) is 0 Å². The van der Waals surface area contributed by atoms with Crippen LogP contribution in [-0.2, 0) is 20.7 Å². The summed E-state index contributed by atoms with van der Waals surface area (Å²) in [7, 11) is 3.93. The average Bonchev–Trinajstić information content (AvgIpc) is 3.69. The number of carbonyl (C=O) groups is 2. The van der Waals surface area contributed by atoms with E-state index in [9.17, 15) is 9.59 Å². The molecule has 12 nitrogen and oxygen atoms in total. The number of hydrogen-bond acceptors (Lipinski definition) is 9. The number of H-pyrrole nitrogens is 1. The number of nitrogens with one attached hydrogen (secondary N) is 3. The first-order valence-electron chi connectivity index (χ1n) is 15.3. The van der Waals surface area contributed by atoms with Gasteiger partial charge < -0.3 is 35.1 Å². The van der Waals surface area contributed by atoms with E-state index < -0.39 is 0 Å². The Balaban J connectivity index is 1.03. The van der Waals surface area contributed by atoms with E-state index in [-0.39, 0.29) is 24.3 Å². The molecule has 2 aliphatic heterocycles. The Hall–Kier alpha value is -4.81. The van der Waals surface area contributed by atoms with Gasteiger partial charge in [-0.3, -0.25) is 14.6 Å². The molecule has 45 heavy (non-hydrogen) atoms. The van der Waals surface area contributed by atoms with Crippen molar-refractivity contribution in [1.29, 1.82) is 0 Å². The lowest BCUT2D eigenvalue weighted by molar-refractivity contribution is -0.117. The first kappa shape index (κ1) is 30.2. The predicted molar refractivity (Wildman–Crippen MR) is 175 cm³/mol. The van der Waals surface area contributed by atoms with E-state index in [4.69, 9.17) is 4.74 Å². The molecule has 3 N–H and O–H groups in total. The van der Waals surface area contributed by atoms with E-state index in [1.165, 1.54) is 0 Å². The fourth-order valence-electron chi connectivity index (χ4n) is 5.70. The van der Waals surface area contributed by atoms with Gasteiger partial charge in [0.25, 0.3) is 0 Å². The Morgan fingerprint density at radius 2 is 1.87 bits per heavy atom. The molecule has 1 aromatic carbocycles. The third-order valence-corrected chi connectivity index (χ3v) is 7.98. The summed E-state index contributed by atoms with van der Waals surface area (Å²) >= 11 is 0. The van der Waals surface area contributed by atoms with Gasteiger partial charge in [0.15, 0.2) is 0 Å². The minimum atomic E-state index is -0.139. The van der Waals surface area contributed by atoms with Crippen LogP contribution in [-0.4, -0.2) is 103 Å². The SMILES string of the molecule is CN(C)C/C=C/C(=O)NC1CCN(c2ccnc(CC(=O)Nc3ccc(-c4cc5c(N6CCOCC6)ncnc5[nH]4)cc3)c2)C1. The summed E-state index contributed by atoms with van der Waals surface area (Å²) in [6, 6.07) is 13.8. The van der Waals surface area contributed by atoms with E-state index in [0.717, 1.165) is 66.4 Å². The quantitative estimate of drug-likeness (QED) is 0.232. The second-order valence-corrected chi connectivity index (χ2v) is 11.7. The molecule has 2 saturated heterocycles. The highest BCUT2D eigenvalue weighted by molar-refractivity contribution is 5.94. The van der Waals surface area contributed by atoms with Crippen molar-refractivity contribution in [2.45, 2.75) is 18.9 Å². The van der Waals surface area contributed by atoms with Crippen molar-refractivity contribution in [1.82, 2.24) is 30.2 Å². The minimum Gasteiger partial charge on any atom is -0.378 e. The van der Waals surface area contributed by atoms with Crippen LogP contribution in [0, 0.1) is 0 Å². The summed E-state index contributed by atoms with van der Waals surface area (Å²) < 4.78 is 5.49. The summed E-state index contributed by atoms with van der Waals surface area (Å²) in [5.74, 6) is 0.698. The molecule has 4 aromatic rings. The number of aromatic nitrogens is 4. The molecule has 0 spiro atoms. The van der Waals surface area contributed by atoms with Crippen molar-refractivity contribution in [2.24, 2.45) is 0 Å². The Labute approximate surface area is 262 Å². The van der Waals surface area contributed by atoms with Crippen LogP contribution in [0.3, 0.4) is 0 Å². The van der Waals surface area contributed by atoms with Gasteiger partial charge in [0.2, 0.25) is 11.8 Å². The van der Waals surface area contributed by atoms with Crippen molar-refractivity contribution in [2.75, 3.05) is 75.1 Å². The summed E-state index contributed by atoms with van der Waals surface area (Å²) in [6.45, 7) is 5.24. The number of benzene rings is 1. The summed E-state index contributed by atoms with van der Waals surface area (Å²) in [6.07, 6.45) is 7.80. The molecule has 1 unspecified atom stereocenters. The number of aromatic amines is 1. The van der Waals surface area contributed by atoms with Gasteiger partial charge in [-0.15, -0.1) is 0 Å². The molecule has 0 bridgehead atoms. The molecule has 6 rings (SSSR count). The first-order chi connectivity index (χ1) is 21.9. The fourth-order valence-corrected chi connectivity index (χ4v) is 5.70. The van der Waals surface area contributed by atoms with Gasteiger partial charge >= 0.3 is 0 Å². The monoisotopic (exact) mass is 609 g/mol. The van der Waals surface area contributed by atoms with Crippen molar-refractivity contribution < 1.29 is 14.3 Å². The van der Waals surface area contributed by atoms with Crippen LogP contribution < -0.4 is 20.4 Å². The van der Waals surface area contributed by atoms with E-state index in [2.05, 4.69) is 46.4 Å². The molecule has 234 valence electrons. The van der Waals surface area contributed by atoms with E-state index in [0.29, 0.717) is 31.1 Å². The number of fused-ring (bicyclic) bond motifs is 1. The molecule has 0 radical (unpaired) electrons. The number of pyridine rings is 1. The standard InChI is InChI=1S/C33H39N9O3/c1-40(2)12-3-4-30(43)38-25-10-13-42(21-25)27-9-11-34-26(18-27)19-31(44)37-24-7-5-23(6-8-24)29-20-28-32(39-29)35-22-36-33(28)41-14-16-45-17-15-41/h3-9,11,18,20,22,25H,10,12-17,19,21H2,1-2H3,(H,37,44)(H,38,43)(H,35,36,39)/b4-3+. The number of anilines is 3. The number of hydrogen-bond donors (Lipinski definition) is 3. The van der Waals surface area contributed by atoms with E-state index in [1.54, 1.807) is 18.6 Å². The zero-order valence-corrected chi connectivity index (χ0v) is 25.7. The zero-order valence-electron chi connectivity index (χ0n) is 25.7. The van der Waals surface area contributed by atoms with Gasteiger partial charge in [-0.05, 0) is 56.4 Å². The van der Waals surface area contributed by atoms with Crippen LogP contribution in [0.15, 0.2) is 67.1 Å². The van der Waals surface area contributed by atoms with Crippen LogP contribution >= 0.6 is 0 Å². The molecule has 2 fully saturated rings. The largest absolute Gasteiger partial charge is 0.378 e. The van der Waals surface area contributed by atoms with Gasteiger partial charge in [0.1, 0.15) is 17.8 Å². The van der Waals surface area contributed by atoms with Crippen LogP contribution in [0.2, 0.25) is 0 Å². The number of likely N-dealkylation sites (N-methyl/N-ethyl adjacent to an activating group) is 1. The highest BCUT2D eigenvalue weighted by atomic mass is 16.5. The van der Waals surface area contributed by atoms with Crippen molar-refractivity contribution in [3.63, 3.8) is 0 Å². The highest BCUT2D eigenvalue weighted by Gasteiger charge is 2.24. The number of carbonyl (C=O) groups excluding carboxylic acids is 2. The topological polar surface area (TPSA) is 132 Å². The number of rotatable bonds is 10. The number of nitrogens with zero attached hydrogens (tertiary/aromatic N) is 6. The van der Waals surface area contributed by atoms with E-state index >= 15 is 0 Å². The molecule has 12 heteroatoms. The second-order valence-electron chi connectivity index (χ2n) is 11.7. The van der Waals surface area contributed by atoms with Gasteiger partial charge in [-0.25, -0.2) is 9.97 Å². The van der Waals surface area contributed by atoms with Crippen LogP contribution in [0.4, 0.5) is 17.2 Å². The number of morpholine rings is 1. The maximum Gasteiger partial charge on any atom is 0.243 e. The van der Waals surface area contributed by atoms with Crippen LogP contribution in [0.1, 0.15) is 12.1 Å². The molecule has 5 heterocycles. The number of ether oxygens (including phenoxy) is 1. The number of amides is 2. The highest BCUT2D eigenvalue weighted by Crippen LogP contribution is 2.30. The van der Waals surface area contributed by atoms with E-state index in [1.807, 2.05) is 61.5 Å². The zero-order chi connectivity index (χ0) is 31.2. The van der Waals surface area contributed by atoms with Crippen LogP contribution in [0.25, 0.3) is 22.3 Å². The normalized spacial score (nSPS) is 17.0. The summed E-state index contributed by atoms with van der Waals surface area (Å²) in [4.78, 5) is 48.4. The third-order valence-electron chi connectivity index (χ3n) is 7.98. The molecule has 0 aliphatic carbocycles.